The maximum Gasteiger partial charge on any atom is 0.169 e. The zero-order valence-electron chi connectivity index (χ0n) is 10.5. The molecule has 4 nitrogen and oxygen atoms in total. The molecule has 98 valence electrons. The van der Waals surface area contributed by atoms with Crippen LogP contribution in [0, 0.1) is 5.82 Å². The zero-order valence-corrected chi connectivity index (χ0v) is 10.5. The second-order valence-electron chi connectivity index (χ2n) is 4.27. The van der Waals surface area contributed by atoms with Crippen LogP contribution in [-0.4, -0.2) is 16.5 Å². The first-order valence-electron chi connectivity index (χ1n) is 6.20. The quantitative estimate of drug-likeness (QED) is 0.757. The number of aromatic amines is 1. The van der Waals surface area contributed by atoms with E-state index in [1.807, 2.05) is 19.1 Å². The summed E-state index contributed by atoms with van der Waals surface area (Å²) in [4.78, 5) is 7.28. The van der Waals surface area contributed by atoms with Gasteiger partial charge in [0.2, 0.25) is 0 Å². The van der Waals surface area contributed by atoms with Gasteiger partial charge in [0.15, 0.2) is 11.4 Å². The number of hydrogen-bond donors (Lipinski definition) is 2. The smallest absolute Gasteiger partial charge is 0.169 e. The lowest BCUT2D eigenvalue weighted by Crippen LogP contribution is -2.22. The molecule has 1 unspecified atom stereocenters. The van der Waals surface area contributed by atoms with Crippen LogP contribution in [0.1, 0.15) is 24.6 Å². The van der Waals surface area contributed by atoms with E-state index in [0.29, 0.717) is 5.76 Å². The highest BCUT2D eigenvalue weighted by molar-refractivity contribution is 5.78. The Morgan fingerprint density at radius 1 is 1.47 bits per heavy atom. The highest BCUT2D eigenvalue weighted by Crippen LogP contribution is 2.28. The molecule has 2 aromatic heterocycles. The molecule has 0 aliphatic heterocycles. The Bertz CT molecular complexity index is 675. The van der Waals surface area contributed by atoms with Gasteiger partial charge in [0.1, 0.15) is 17.6 Å². The van der Waals surface area contributed by atoms with E-state index in [0.717, 1.165) is 17.8 Å². The van der Waals surface area contributed by atoms with Crippen LogP contribution < -0.4 is 5.32 Å². The number of furan rings is 1. The Hall–Kier alpha value is -2.14. The Kier molecular flexibility index (Phi) is 3.05. The van der Waals surface area contributed by atoms with Crippen molar-refractivity contribution < 1.29 is 8.81 Å². The van der Waals surface area contributed by atoms with E-state index >= 15 is 0 Å². The minimum absolute atomic E-state index is 0.202. The van der Waals surface area contributed by atoms with Crippen LogP contribution in [0.5, 0.6) is 0 Å². The van der Waals surface area contributed by atoms with E-state index < -0.39 is 0 Å². The maximum atomic E-state index is 13.7. The van der Waals surface area contributed by atoms with E-state index in [4.69, 9.17) is 4.42 Å². The van der Waals surface area contributed by atoms with Crippen LogP contribution in [0.15, 0.2) is 41.1 Å². The third-order valence-electron chi connectivity index (χ3n) is 3.00. The van der Waals surface area contributed by atoms with E-state index in [-0.39, 0.29) is 17.4 Å². The number of nitrogens with zero attached hydrogens (tertiary/aromatic N) is 1. The minimum Gasteiger partial charge on any atom is -0.456 e. The van der Waals surface area contributed by atoms with Gasteiger partial charge in [0.25, 0.3) is 0 Å². The van der Waals surface area contributed by atoms with Crippen molar-refractivity contribution in [2.24, 2.45) is 0 Å². The summed E-state index contributed by atoms with van der Waals surface area (Å²) in [6, 6.07) is 6.54. The summed E-state index contributed by atoms with van der Waals surface area (Å²) in [5.41, 5.74) is 0.284. The van der Waals surface area contributed by atoms with E-state index in [9.17, 15) is 4.39 Å². The fraction of sp³-hybridized carbons (Fsp3) is 0.214. The lowest BCUT2D eigenvalue weighted by Gasteiger charge is -2.12. The Morgan fingerprint density at radius 2 is 2.37 bits per heavy atom. The van der Waals surface area contributed by atoms with Crippen molar-refractivity contribution in [1.82, 2.24) is 15.3 Å². The van der Waals surface area contributed by atoms with Crippen molar-refractivity contribution in [2.45, 2.75) is 13.0 Å². The van der Waals surface area contributed by atoms with Gasteiger partial charge in [0, 0.05) is 17.8 Å². The summed E-state index contributed by atoms with van der Waals surface area (Å²) >= 11 is 0. The van der Waals surface area contributed by atoms with E-state index in [1.54, 1.807) is 18.5 Å². The molecule has 3 rings (SSSR count). The largest absolute Gasteiger partial charge is 0.456 e. The molecule has 0 aliphatic rings. The molecule has 19 heavy (non-hydrogen) atoms. The van der Waals surface area contributed by atoms with Crippen LogP contribution in [0.2, 0.25) is 0 Å². The van der Waals surface area contributed by atoms with Crippen molar-refractivity contribution in [3.05, 3.63) is 54.1 Å². The van der Waals surface area contributed by atoms with Crippen LogP contribution in [0.3, 0.4) is 0 Å². The number of para-hydroxylation sites is 1. The first-order valence-corrected chi connectivity index (χ1v) is 6.20. The lowest BCUT2D eigenvalue weighted by molar-refractivity contribution is 0.455. The van der Waals surface area contributed by atoms with Gasteiger partial charge in [0.05, 0.1) is 0 Å². The molecular formula is C14H14FN3O. The van der Waals surface area contributed by atoms with Crippen molar-refractivity contribution in [3.8, 4) is 0 Å². The number of halogens is 1. The maximum absolute atomic E-state index is 13.7. The second-order valence-corrected chi connectivity index (χ2v) is 4.27. The molecule has 2 N–H and O–H groups in total. The van der Waals surface area contributed by atoms with Crippen molar-refractivity contribution >= 4 is 11.0 Å². The number of H-pyrrole nitrogens is 1. The summed E-state index contributed by atoms with van der Waals surface area (Å²) in [7, 11) is 0. The summed E-state index contributed by atoms with van der Waals surface area (Å²) in [6.45, 7) is 2.75. The topological polar surface area (TPSA) is 53.9 Å². The molecule has 2 heterocycles. The van der Waals surface area contributed by atoms with Gasteiger partial charge in [-0.25, -0.2) is 9.37 Å². The molecule has 3 aromatic rings. The van der Waals surface area contributed by atoms with E-state index in [2.05, 4.69) is 15.3 Å². The highest BCUT2D eigenvalue weighted by Gasteiger charge is 2.20. The average molecular weight is 259 g/mol. The van der Waals surface area contributed by atoms with Crippen molar-refractivity contribution in [3.63, 3.8) is 0 Å². The normalized spacial score (nSPS) is 12.9. The number of aromatic nitrogens is 2. The summed E-state index contributed by atoms with van der Waals surface area (Å²) in [5, 5.41) is 4.03. The van der Waals surface area contributed by atoms with E-state index in [1.165, 1.54) is 6.07 Å². The number of benzene rings is 1. The molecule has 1 atom stereocenters. The fourth-order valence-corrected chi connectivity index (χ4v) is 2.16. The summed E-state index contributed by atoms with van der Waals surface area (Å²) < 4.78 is 19.3. The fourth-order valence-electron chi connectivity index (χ4n) is 2.16. The van der Waals surface area contributed by atoms with Crippen molar-refractivity contribution in [1.29, 1.82) is 0 Å². The summed E-state index contributed by atoms with van der Waals surface area (Å²) in [6.07, 6.45) is 3.44. The monoisotopic (exact) mass is 259 g/mol. The molecule has 0 fully saturated rings. The van der Waals surface area contributed by atoms with Crippen molar-refractivity contribution in [2.75, 3.05) is 6.54 Å². The van der Waals surface area contributed by atoms with Gasteiger partial charge < -0.3 is 14.7 Å². The molecule has 0 saturated carbocycles. The predicted molar refractivity (Wildman–Crippen MR) is 70.3 cm³/mol. The number of fused-ring (bicyclic) bond motifs is 1. The number of hydrogen-bond acceptors (Lipinski definition) is 3. The molecule has 0 aliphatic carbocycles. The predicted octanol–water partition coefficient (Wildman–Crippen LogP) is 2.99. The molecule has 0 amide bonds. The average Bonchev–Trinajstić information content (AvgIpc) is 3.05. The van der Waals surface area contributed by atoms with Gasteiger partial charge in [-0.2, -0.15) is 0 Å². The standard InChI is InChI=1S/C14H14FN3O/c1-2-16-12(14-17-6-7-18-14)11-8-9-4-3-5-10(15)13(9)19-11/h3-8,12,16H,2H2,1H3,(H,17,18). The lowest BCUT2D eigenvalue weighted by atomic mass is 10.2. The molecule has 0 spiro atoms. The number of nitrogens with one attached hydrogen (secondary N) is 2. The highest BCUT2D eigenvalue weighted by atomic mass is 19.1. The molecule has 0 radical (unpaired) electrons. The zero-order chi connectivity index (χ0) is 13.2. The molecule has 0 bridgehead atoms. The van der Waals surface area contributed by atoms with Crippen LogP contribution in [0.4, 0.5) is 4.39 Å². The minimum atomic E-state index is -0.349. The first kappa shape index (κ1) is 11.9. The van der Waals surface area contributed by atoms with Gasteiger partial charge in [-0.05, 0) is 18.7 Å². The van der Waals surface area contributed by atoms with Gasteiger partial charge in [-0.3, -0.25) is 0 Å². The molecule has 5 heteroatoms. The second kappa shape index (κ2) is 4.85. The third kappa shape index (κ3) is 2.13. The Balaban J connectivity index is 2.08. The van der Waals surface area contributed by atoms with Gasteiger partial charge in [-0.1, -0.05) is 19.1 Å². The number of imidazole rings is 1. The molecule has 0 saturated heterocycles. The van der Waals surface area contributed by atoms with Crippen LogP contribution in [0.25, 0.3) is 11.0 Å². The third-order valence-corrected chi connectivity index (χ3v) is 3.00. The van der Waals surface area contributed by atoms with Gasteiger partial charge >= 0.3 is 0 Å². The van der Waals surface area contributed by atoms with Gasteiger partial charge in [-0.15, -0.1) is 0 Å². The summed E-state index contributed by atoms with van der Waals surface area (Å²) in [5.74, 6) is 1.05. The Labute approximate surface area is 109 Å². The first-order chi connectivity index (χ1) is 9.29. The van der Waals surface area contributed by atoms with Crippen LogP contribution in [-0.2, 0) is 0 Å². The SMILES string of the molecule is CCNC(c1ncc[nH]1)c1cc2cccc(F)c2o1. The number of rotatable bonds is 4. The Morgan fingerprint density at radius 3 is 3.05 bits per heavy atom. The molecule has 1 aromatic carbocycles. The van der Waals surface area contributed by atoms with Crippen LogP contribution >= 0.6 is 0 Å². The molecular weight excluding hydrogens is 245 g/mol.